The van der Waals surface area contributed by atoms with Crippen LogP contribution >= 0.6 is 0 Å². The Labute approximate surface area is 150 Å². The van der Waals surface area contributed by atoms with Crippen LogP contribution in [0.25, 0.3) is 21.5 Å². The molecular weight excluding hydrogens is 279 g/mol. The van der Waals surface area contributed by atoms with Crippen molar-refractivity contribution in [2.45, 2.75) is 32.6 Å². The molecule has 3 aromatic carbocycles. The van der Waals surface area contributed by atoms with Gasteiger partial charge in [-0.05, 0) is 0 Å². The molecule has 1 nitrogen and oxygen atoms in total. The first-order valence-electron chi connectivity index (χ1n) is 8.34. The van der Waals surface area contributed by atoms with Crippen LogP contribution in [0.3, 0.4) is 0 Å². The van der Waals surface area contributed by atoms with Gasteiger partial charge in [0.2, 0.25) is 0 Å². The van der Waals surface area contributed by atoms with E-state index >= 15 is 0 Å². The number of hydrogen-bond acceptors (Lipinski definition) is 1. The molecule has 0 radical (unpaired) electrons. The summed E-state index contributed by atoms with van der Waals surface area (Å²) in [4.78, 5) is 0. The van der Waals surface area contributed by atoms with Crippen LogP contribution in [-0.4, -0.2) is 34.5 Å². The molecule has 108 valence electrons. The van der Waals surface area contributed by atoms with Crippen LogP contribution in [-0.2, 0) is 0 Å². The summed E-state index contributed by atoms with van der Waals surface area (Å²) in [5.41, 5.74) is 0. The first-order chi connectivity index (χ1) is 10.8. The Morgan fingerprint density at radius 2 is 1.64 bits per heavy atom. The Morgan fingerprint density at radius 3 is 2.41 bits per heavy atom. The zero-order valence-corrected chi connectivity index (χ0v) is 15.6. The normalized spacial score (nSPS) is 11.2. The van der Waals surface area contributed by atoms with Gasteiger partial charge in [0.1, 0.15) is 0 Å². The van der Waals surface area contributed by atoms with Crippen molar-refractivity contribution >= 4 is 52.3 Å². The third-order valence-corrected chi connectivity index (χ3v) is 5.07. The summed E-state index contributed by atoms with van der Waals surface area (Å²) in [6, 6.07) is 17.6. The van der Waals surface area contributed by atoms with Crippen molar-refractivity contribution < 1.29 is 4.74 Å². The molecular formula is C20H21NaO. The summed E-state index contributed by atoms with van der Waals surface area (Å²) < 4.78 is 7.54. The van der Waals surface area contributed by atoms with Gasteiger partial charge >= 0.3 is 151 Å². The van der Waals surface area contributed by atoms with E-state index in [2.05, 4.69) is 55.5 Å². The number of rotatable bonds is 6. The van der Waals surface area contributed by atoms with E-state index in [1.54, 1.807) is 0 Å². The maximum atomic E-state index is 6.18. The predicted octanol–water partition coefficient (Wildman–Crippen LogP) is 4.75. The van der Waals surface area contributed by atoms with Crippen LogP contribution < -0.4 is 7.55 Å². The van der Waals surface area contributed by atoms with Gasteiger partial charge in [-0.2, -0.15) is 0 Å². The van der Waals surface area contributed by atoms with Gasteiger partial charge in [0.15, 0.2) is 0 Å². The van der Waals surface area contributed by atoms with Crippen LogP contribution in [0, 0.1) is 0 Å². The minimum atomic E-state index is 0.835. The van der Waals surface area contributed by atoms with Gasteiger partial charge in [0.05, 0.1) is 0 Å². The summed E-state index contributed by atoms with van der Waals surface area (Å²) in [6.07, 6.45) is 4.99. The Kier molecular flexibility index (Phi) is 5.41. The quantitative estimate of drug-likeness (QED) is 0.363. The molecule has 0 aliphatic heterocycles. The fourth-order valence-corrected chi connectivity index (χ4v) is 3.57. The van der Waals surface area contributed by atoms with Crippen LogP contribution in [0.1, 0.15) is 32.6 Å². The standard InChI is InChI=1S/C20H21O.Na/c1-2-3-4-7-13-21-20-12-8-11-18-14-16-9-5-6-10-17(16)15-19(18)20;/h5-6,8-11,14-15H,2-4,7,13H2,1H3;. The predicted molar refractivity (Wildman–Crippen MR) is 96.5 cm³/mol. The van der Waals surface area contributed by atoms with Gasteiger partial charge in [-0.15, -0.1) is 0 Å². The molecule has 2 heteroatoms. The Balaban J connectivity index is 1.93. The fourth-order valence-electron chi connectivity index (χ4n) is 2.99. The summed E-state index contributed by atoms with van der Waals surface area (Å²) >= 11 is 1.02. The summed E-state index contributed by atoms with van der Waals surface area (Å²) in [5, 5.41) is 5.13. The monoisotopic (exact) mass is 300 g/mol. The third-order valence-electron chi connectivity index (χ3n) is 4.28. The second-order valence-electron chi connectivity index (χ2n) is 6.04. The fraction of sp³-hybridized carbons (Fsp3) is 0.300. The molecule has 0 bridgehead atoms. The molecule has 0 unspecified atom stereocenters. The molecule has 0 aromatic heterocycles. The molecule has 0 N–H and O–H groups in total. The van der Waals surface area contributed by atoms with Crippen molar-refractivity contribution in [1.82, 2.24) is 0 Å². The van der Waals surface area contributed by atoms with E-state index in [0.717, 1.165) is 46.7 Å². The molecule has 22 heavy (non-hydrogen) atoms. The summed E-state index contributed by atoms with van der Waals surface area (Å²) in [5.74, 6) is 1.12. The van der Waals surface area contributed by atoms with E-state index in [-0.39, 0.29) is 0 Å². The van der Waals surface area contributed by atoms with Crippen LogP contribution in [0.2, 0.25) is 0 Å². The maximum absolute atomic E-state index is 6.18. The van der Waals surface area contributed by atoms with Crippen molar-refractivity contribution in [3.05, 3.63) is 48.5 Å². The molecule has 0 aliphatic rings. The summed E-state index contributed by atoms with van der Waals surface area (Å²) in [7, 11) is 0. The van der Waals surface area contributed by atoms with Crippen LogP contribution in [0.4, 0.5) is 0 Å². The zero-order chi connectivity index (χ0) is 15.4. The Bertz CT molecular complexity index is 779. The van der Waals surface area contributed by atoms with Gasteiger partial charge in [0, 0.05) is 0 Å². The molecule has 0 spiro atoms. The first kappa shape index (κ1) is 15.9. The van der Waals surface area contributed by atoms with Gasteiger partial charge in [-0.3, -0.25) is 0 Å². The van der Waals surface area contributed by atoms with E-state index in [4.69, 9.17) is 4.74 Å². The third kappa shape index (κ3) is 3.48. The first-order valence-corrected chi connectivity index (χ1v) is 9.34. The molecule has 0 amide bonds. The molecule has 3 rings (SSSR count). The van der Waals surface area contributed by atoms with Gasteiger partial charge < -0.3 is 0 Å². The Hall–Kier alpha value is -1.02. The van der Waals surface area contributed by atoms with Crippen molar-refractivity contribution in [2.24, 2.45) is 0 Å². The van der Waals surface area contributed by atoms with E-state index in [9.17, 15) is 0 Å². The van der Waals surface area contributed by atoms with Crippen LogP contribution in [0.5, 0.6) is 5.75 Å². The van der Waals surface area contributed by atoms with Crippen molar-refractivity contribution in [2.75, 3.05) is 6.61 Å². The number of fused-ring (bicyclic) bond motifs is 2. The molecule has 0 fully saturated rings. The molecule has 0 saturated heterocycles. The van der Waals surface area contributed by atoms with E-state index in [0.29, 0.717) is 0 Å². The molecule has 0 atom stereocenters. The van der Waals surface area contributed by atoms with E-state index in [1.807, 2.05) is 0 Å². The number of hydrogen-bond donors (Lipinski definition) is 0. The zero-order valence-electron chi connectivity index (χ0n) is 13.6. The van der Waals surface area contributed by atoms with Gasteiger partial charge in [-0.25, -0.2) is 0 Å². The minimum absolute atomic E-state index is 0.835. The van der Waals surface area contributed by atoms with E-state index in [1.165, 1.54) is 43.6 Å². The van der Waals surface area contributed by atoms with Crippen molar-refractivity contribution in [3.63, 3.8) is 0 Å². The van der Waals surface area contributed by atoms with Gasteiger partial charge in [0.25, 0.3) is 0 Å². The molecule has 0 saturated carbocycles. The van der Waals surface area contributed by atoms with Crippen LogP contribution in [0.15, 0.2) is 48.5 Å². The van der Waals surface area contributed by atoms with Crippen molar-refractivity contribution in [3.8, 4) is 5.75 Å². The number of ether oxygens (including phenoxy) is 1. The van der Waals surface area contributed by atoms with E-state index < -0.39 is 0 Å². The van der Waals surface area contributed by atoms with Crippen molar-refractivity contribution in [1.29, 1.82) is 0 Å². The van der Waals surface area contributed by atoms with Gasteiger partial charge in [-0.1, -0.05) is 0 Å². The number of benzene rings is 3. The summed E-state index contributed by atoms with van der Waals surface area (Å²) in [6.45, 7) is 3.08. The average molecular weight is 300 g/mol. The molecule has 0 aliphatic carbocycles. The molecule has 0 heterocycles. The second-order valence-corrected chi connectivity index (χ2v) is 7.12. The second kappa shape index (κ2) is 7.50. The Morgan fingerprint density at radius 1 is 0.864 bits per heavy atom. The average Bonchev–Trinajstić information content (AvgIpc) is 2.55. The molecule has 3 aromatic rings. The SMILES string of the molecule is CCCCCCOc1[c]([Na])ccc2cc3ccccc3cc12. The number of unbranched alkanes of at least 4 members (excludes halogenated alkanes) is 3. The topological polar surface area (TPSA) is 9.23 Å².